The van der Waals surface area contributed by atoms with Gasteiger partial charge < -0.3 is 10.2 Å². The first-order valence-corrected chi connectivity index (χ1v) is 9.31. The van der Waals surface area contributed by atoms with Crippen LogP contribution >= 0.6 is 0 Å². The minimum atomic E-state index is 0.142. The molecule has 1 amide bonds. The van der Waals surface area contributed by atoms with Crippen LogP contribution in [0.1, 0.15) is 55.3 Å². The van der Waals surface area contributed by atoms with E-state index in [1.807, 2.05) is 17.0 Å². The Balaban J connectivity index is 1.43. The molecule has 4 heteroatoms. The van der Waals surface area contributed by atoms with Crippen LogP contribution in [-0.2, 0) is 0 Å². The monoisotopic (exact) mass is 313 g/mol. The fourth-order valence-corrected chi connectivity index (χ4v) is 4.98. The van der Waals surface area contributed by atoms with Gasteiger partial charge in [-0.15, -0.1) is 0 Å². The smallest absolute Gasteiger partial charge is 0.257 e. The lowest BCUT2D eigenvalue weighted by atomic mass is 9.92. The first kappa shape index (κ1) is 15.0. The molecule has 3 atom stereocenters. The van der Waals surface area contributed by atoms with Gasteiger partial charge in [0, 0.05) is 25.8 Å². The van der Waals surface area contributed by atoms with Crippen molar-refractivity contribution in [3.63, 3.8) is 0 Å². The van der Waals surface area contributed by atoms with Gasteiger partial charge in [-0.3, -0.25) is 4.79 Å². The third kappa shape index (κ3) is 2.96. The summed E-state index contributed by atoms with van der Waals surface area (Å²) in [6, 6.07) is 3.79. The van der Waals surface area contributed by atoms with Crippen molar-refractivity contribution in [2.75, 3.05) is 25.0 Å². The zero-order chi connectivity index (χ0) is 15.6. The van der Waals surface area contributed by atoms with Crippen molar-refractivity contribution in [3.8, 4) is 0 Å². The molecule has 0 unspecified atom stereocenters. The van der Waals surface area contributed by atoms with Gasteiger partial charge >= 0.3 is 0 Å². The molecule has 1 aromatic heterocycles. The number of anilines is 1. The van der Waals surface area contributed by atoms with E-state index in [-0.39, 0.29) is 5.91 Å². The number of amides is 1. The second kappa shape index (κ2) is 6.50. The molecule has 4 rings (SSSR count). The summed E-state index contributed by atoms with van der Waals surface area (Å²) in [6.07, 6.45) is 11.0. The van der Waals surface area contributed by atoms with Gasteiger partial charge in [-0.1, -0.05) is 12.8 Å². The van der Waals surface area contributed by atoms with Crippen LogP contribution in [0, 0.1) is 17.8 Å². The highest BCUT2D eigenvalue weighted by molar-refractivity contribution is 5.98. The molecule has 1 aromatic rings. The Kier molecular flexibility index (Phi) is 4.23. The van der Waals surface area contributed by atoms with E-state index in [2.05, 4.69) is 10.3 Å². The first-order valence-electron chi connectivity index (χ1n) is 9.31. The summed E-state index contributed by atoms with van der Waals surface area (Å²) < 4.78 is 0. The molecule has 2 saturated carbocycles. The molecule has 0 bridgehead atoms. The molecular weight excluding hydrogens is 286 g/mol. The minimum absolute atomic E-state index is 0.142. The van der Waals surface area contributed by atoms with Crippen molar-refractivity contribution in [2.24, 2.45) is 17.8 Å². The standard InChI is InChI=1S/C19H27N3O/c23-19(22-11-1-2-12-22)17-7-4-10-20-18(17)21-13-15-9-8-14-5-3-6-16(14)15/h4,7,10,14-16H,1-3,5-6,8-9,11-13H2,(H,20,21)/t14-,15+,16-/m0/s1. The SMILES string of the molecule is O=C(c1cccnc1NC[C@H]1CC[C@@H]2CCC[C@@H]21)N1CCCC1. The van der Waals surface area contributed by atoms with E-state index in [0.717, 1.165) is 61.6 Å². The second-order valence-corrected chi connectivity index (χ2v) is 7.47. The highest BCUT2D eigenvalue weighted by Gasteiger charge is 2.38. The molecule has 3 fully saturated rings. The number of aromatic nitrogens is 1. The highest BCUT2D eigenvalue weighted by Crippen LogP contribution is 2.47. The number of nitrogens with one attached hydrogen (secondary N) is 1. The summed E-state index contributed by atoms with van der Waals surface area (Å²) >= 11 is 0. The Labute approximate surface area is 138 Å². The van der Waals surface area contributed by atoms with Crippen LogP contribution in [0.15, 0.2) is 18.3 Å². The average molecular weight is 313 g/mol. The van der Waals surface area contributed by atoms with E-state index >= 15 is 0 Å². The molecule has 4 nitrogen and oxygen atoms in total. The number of carbonyl (C=O) groups is 1. The van der Waals surface area contributed by atoms with Crippen LogP contribution in [0.2, 0.25) is 0 Å². The lowest BCUT2D eigenvalue weighted by molar-refractivity contribution is 0.0793. The predicted octanol–water partition coefficient (Wildman–Crippen LogP) is 3.56. The molecule has 2 aliphatic carbocycles. The maximum absolute atomic E-state index is 12.7. The topological polar surface area (TPSA) is 45.2 Å². The first-order chi connectivity index (χ1) is 11.3. The van der Waals surface area contributed by atoms with Crippen molar-refractivity contribution < 1.29 is 4.79 Å². The van der Waals surface area contributed by atoms with Crippen molar-refractivity contribution in [1.29, 1.82) is 0 Å². The predicted molar refractivity (Wildman–Crippen MR) is 91.4 cm³/mol. The summed E-state index contributed by atoms with van der Waals surface area (Å²) in [7, 11) is 0. The van der Waals surface area contributed by atoms with Gasteiger partial charge in [0.15, 0.2) is 0 Å². The van der Waals surface area contributed by atoms with Crippen LogP contribution < -0.4 is 5.32 Å². The van der Waals surface area contributed by atoms with E-state index in [0.29, 0.717) is 0 Å². The summed E-state index contributed by atoms with van der Waals surface area (Å²) in [5.41, 5.74) is 0.746. The van der Waals surface area contributed by atoms with Gasteiger partial charge in [0.2, 0.25) is 0 Å². The molecule has 0 radical (unpaired) electrons. The Hall–Kier alpha value is -1.58. The largest absolute Gasteiger partial charge is 0.369 e. The van der Waals surface area contributed by atoms with Crippen LogP contribution in [0.5, 0.6) is 0 Å². The van der Waals surface area contributed by atoms with E-state index < -0.39 is 0 Å². The Morgan fingerprint density at radius 3 is 2.91 bits per heavy atom. The second-order valence-electron chi connectivity index (χ2n) is 7.47. The number of rotatable bonds is 4. The van der Waals surface area contributed by atoms with E-state index in [1.54, 1.807) is 6.20 Å². The average Bonchev–Trinajstić information content (AvgIpc) is 3.30. The fourth-order valence-electron chi connectivity index (χ4n) is 4.98. The molecule has 0 aromatic carbocycles. The molecular formula is C19H27N3O. The van der Waals surface area contributed by atoms with Crippen molar-refractivity contribution in [2.45, 2.75) is 44.9 Å². The van der Waals surface area contributed by atoms with Crippen LogP contribution in [0.4, 0.5) is 5.82 Å². The lowest BCUT2D eigenvalue weighted by Crippen LogP contribution is -2.29. The Morgan fingerprint density at radius 2 is 2.04 bits per heavy atom. The number of carbonyl (C=O) groups excluding carboxylic acids is 1. The van der Waals surface area contributed by atoms with E-state index in [1.165, 1.54) is 32.1 Å². The number of hydrogen-bond donors (Lipinski definition) is 1. The summed E-state index contributed by atoms with van der Waals surface area (Å²) in [6.45, 7) is 2.75. The van der Waals surface area contributed by atoms with E-state index in [4.69, 9.17) is 0 Å². The number of hydrogen-bond acceptors (Lipinski definition) is 3. The van der Waals surface area contributed by atoms with Gasteiger partial charge in [-0.05, 0) is 62.0 Å². The van der Waals surface area contributed by atoms with Crippen LogP contribution in [0.3, 0.4) is 0 Å². The zero-order valence-electron chi connectivity index (χ0n) is 13.8. The van der Waals surface area contributed by atoms with Gasteiger partial charge in [-0.25, -0.2) is 4.98 Å². The molecule has 0 spiro atoms. The number of fused-ring (bicyclic) bond motifs is 1. The third-order valence-electron chi connectivity index (χ3n) is 6.19. The molecule has 1 saturated heterocycles. The molecule has 124 valence electrons. The summed E-state index contributed by atoms with van der Waals surface area (Å²) in [4.78, 5) is 19.1. The lowest BCUT2D eigenvalue weighted by Gasteiger charge is -2.21. The maximum Gasteiger partial charge on any atom is 0.257 e. The molecule has 3 aliphatic rings. The van der Waals surface area contributed by atoms with Gasteiger partial charge in [-0.2, -0.15) is 0 Å². The molecule has 23 heavy (non-hydrogen) atoms. The van der Waals surface area contributed by atoms with E-state index in [9.17, 15) is 4.79 Å². The number of likely N-dealkylation sites (tertiary alicyclic amines) is 1. The van der Waals surface area contributed by atoms with Gasteiger partial charge in [0.05, 0.1) is 5.56 Å². The Morgan fingerprint density at radius 1 is 1.17 bits per heavy atom. The quantitative estimate of drug-likeness (QED) is 0.924. The van der Waals surface area contributed by atoms with Crippen molar-refractivity contribution >= 4 is 11.7 Å². The maximum atomic E-state index is 12.7. The molecule has 1 N–H and O–H groups in total. The van der Waals surface area contributed by atoms with Crippen LogP contribution in [-0.4, -0.2) is 35.4 Å². The molecule has 1 aliphatic heterocycles. The zero-order valence-corrected chi connectivity index (χ0v) is 13.8. The van der Waals surface area contributed by atoms with Gasteiger partial charge in [0.25, 0.3) is 5.91 Å². The Bertz CT molecular complexity index is 567. The molecule has 2 heterocycles. The number of pyridine rings is 1. The van der Waals surface area contributed by atoms with Crippen molar-refractivity contribution in [3.05, 3.63) is 23.9 Å². The summed E-state index contributed by atoms with van der Waals surface area (Å²) in [5.74, 6) is 3.56. The number of nitrogens with zero attached hydrogens (tertiary/aromatic N) is 2. The van der Waals surface area contributed by atoms with Gasteiger partial charge in [0.1, 0.15) is 5.82 Å². The van der Waals surface area contributed by atoms with Crippen LogP contribution in [0.25, 0.3) is 0 Å². The third-order valence-corrected chi connectivity index (χ3v) is 6.19. The van der Waals surface area contributed by atoms with Crippen molar-refractivity contribution in [1.82, 2.24) is 9.88 Å². The highest BCUT2D eigenvalue weighted by atomic mass is 16.2. The fraction of sp³-hybridized carbons (Fsp3) is 0.684. The minimum Gasteiger partial charge on any atom is -0.369 e. The summed E-state index contributed by atoms with van der Waals surface area (Å²) in [5, 5.41) is 3.51. The normalized spacial score (nSPS) is 29.7.